The van der Waals surface area contributed by atoms with Gasteiger partial charge in [-0.1, -0.05) is 35.8 Å². The smallest absolute Gasteiger partial charge is 0.227 e. The third-order valence-corrected chi connectivity index (χ3v) is 5.57. The van der Waals surface area contributed by atoms with Gasteiger partial charge in [-0.05, 0) is 61.3 Å². The molecule has 0 atom stereocenters. The zero-order valence-corrected chi connectivity index (χ0v) is 17.5. The SMILES string of the molecule is O=C(CCc1nc(-c2ccc(F)cc2)no1)NCc1ccccc1CN1CCCCC1. The molecule has 1 aromatic heterocycles. The molecule has 3 aromatic rings. The lowest BCUT2D eigenvalue weighted by Gasteiger charge is -2.27. The van der Waals surface area contributed by atoms with E-state index in [1.165, 1.54) is 37.0 Å². The summed E-state index contributed by atoms with van der Waals surface area (Å²) in [7, 11) is 0. The molecule has 1 aliphatic heterocycles. The normalized spacial score (nSPS) is 14.5. The average molecular weight is 423 g/mol. The highest BCUT2D eigenvalue weighted by atomic mass is 19.1. The maximum atomic E-state index is 13.0. The lowest BCUT2D eigenvalue weighted by atomic mass is 10.0. The van der Waals surface area contributed by atoms with Crippen molar-refractivity contribution in [1.82, 2.24) is 20.4 Å². The van der Waals surface area contributed by atoms with Gasteiger partial charge in [0, 0.05) is 31.5 Å². The van der Waals surface area contributed by atoms with Crippen molar-refractivity contribution in [2.24, 2.45) is 0 Å². The molecular weight excluding hydrogens is 395 g/mol. The van der Waals surface area contributed by atoms with Gasteiger partial charge < -0.3 is 9.84 Å². The number of rotatable bonds is 8. The van der Waals surface area contributed by atoms with Crippen LogP contribution in [0.2, 0.25) is 0 Å². The van der Waals surface area contributed by atoms with E-state index in [1.807, 2.05) is 6.07 Å². The molecular formula is C24H27FN4O2. The molecule has 1 N–H and O–H groups in total. The standard InChI is InChI=1S/C24H27FN4O2/c25-21-10-8-18(9-11-21)24-27-23(31-28-24)13-12-22(30)26-16-19-6-2-3-7-20(19)17-29-14-4-1-5-15-29/h2-3,6-11H,1,4-5,12-17H2,(H,26,30). The summed E-state index contributed by atoms with van der Waals surface area (Å²) in [6.07, 6.45) is 4.46. The van der Waals surface area contributed by atoms with Gasteiger partial charge in [-0.15, -0.1) is 0 Å². The Kier molecular flexibility index (Phi) is 7.04. The lowest BCUT2D eigenvalue weighted by Crippen LogP contribution is -2.30. The van der Waals surface area contributed by atoms with E-state index >= 15 is 0 Å². The molecule has 162 valence electrons. The number of nitrogens with one attached hydrogen (secondary N) is 1. The van der Waals surface area contributed by atoms with Crippen molar-refractivity contribution in [3.63, 3.8) is 0 Å². The number of benzene rings is 2. The number of nitrogens with zero attached hydrogens (tertiary/aromatic N) is 3. The Morgan fingerprint density at radius 1 is 1.03 bits per heavy atom. The van der Waals surface area contributed by atoms with Gasteiger partial charge in [0.05, 0.1) is 0 Å². The highest BCUT2D eigenvalue weighted by Gasteiger charge is 2.14. The van der Waals surface area contributed by atoms with Crippen molar-refractivity contribution in [3.8, 4) is 11.4 Å². The molecule has 4 rings (SSSR count). The molecule has 0 radical (unpaired) electrons. The first kappa shape index (κ1) is 21.2. The fourth-order valence-corrected chi connectivity index (χ4v) is 3.82. The summed E-state index contributed by atoms with van der Waals surface area (Å²) < 4.78 is 18.3. The minimum Gasteiger partial charge on any atom is -0.352 e. The van der Waals surface area contributed by atoms with Crippen LogP contribution in [0.1, 0.15) is 42.7 Å². The maximum absolute atomic E-state index is 13.0. The predicted octanol–water partition coefficient (Wildman–Crippen LogP) is 4.11. The van der Waals surface area contributed by atoms with Crippen LogP contribution in [0.15, 0.2) is 53.1 Å². The first-order valence-electron chi connectivity index (χ1n) is 10.8. The topological polar surface area (TPSA) is 71.3 Å². The minimum atomic E-state index is -0.318. The second kappa shape index (κ2) is 10.3. The van der Waals surface area contributed by atoms with Crippen LogP contribution in [0.4, 0.5) is 4.39 Å². The Bertz CT molecular complexity index is 997. The monoisotopic (exact) mass is 422 g/mol. The number of halogens is 1. The van der Waals surface area contributed by atoms with Gasteiger partial charge in [-0.2, -0.15) is 4.98 Å². The number of aryl methyl sites for hydroxylation is 1. The quantitative estimate of drug-likeness (QED) is 0.592. The molecule has 0 bridgehead atoms. The van der Waals surface area contributed by atoms with Crippen LogP contribution in [-0.2, 0) is 24.3 Å². The number of hydrogen-bond acceptors (Lipinski definition) is 5. The highest BCUT2D eigenvalue weighted by Crippen LogP contribution is 2.18. The van der Waals surface area contributed by atoms with Crippen molar-refractivity contribution in [2.75, 3.05) is 13.1 Å². The van der Waals surface area contributed by atoms with E-state index < -0.39 is 0 Å². The van der Waals surface area contributed by atoms with Crippen LogP contribution >= 0.6 is 0 Å². The van der Waals surface area contributed by atoms with Crippen LogP contribution < -0.4 is 5.32 Å². The van der Waals surface area contributed by atoms with Crippen molar-refractivity contribution in [1.29, 1.82) is 0 Å². The molecule has 31 heavy (non-hydrogen) atoms. The molecule has 0 unspecified atom stereocenters. The van der Waals surface area contributed by atoms with Gasteiger partial charge in [0.1, 0.15) is 5.82 Å². The largest absolute Gasteiger partial charge is 0.352 e. The molecule has 7 heteroatoms. The summed E-state index contributed by atoms with van der Waals surface area (Å²) in [5.41, 5.74) is 3.09. The Balaban J connectivity index is 1.27. The number of carbonyl (C=O) groups excluding carboxylic acids is 1. The molecule has 0 aliphatic carbocycles. The zero-order chi connectivity index (χ0) is 21.5. The van der Waals surface area contributed by atoms with Crippen molar-refractivity contribution < 1.29 is 13.7 Å². The number of amides is 1. The summed E-state index contributed by atoms with van der Waals surface area (Å²) >= 11 is 0. The fourth-order valence-electron chi connectivity index (χ4n) is 3.82. The van der Waals surface area contributed by atoms with Crippen LogP contribution in [0.25, 0.3) is 11.4 Å². The van der Waals surface area contributed by atoms with E-state index in [2.05, 4.69) is 38.6 Å². The van der Waals surface area contributed by atoms with Crippen LogP contribution in [0.3, 0.4) is 0 Å². The molecule has 6 nitrogen and oxygen atoms in total. The van der Waals surface area contributed by atoms with Crippen LogP contribution in [-0.4, -0.2) is 34.0 Å². The third-order valence-electron chi connectivity index (χ3n) is 5.57. The van der Waals surface area contributed by atoms with Gasteiger partial charge in [0.15, 0.2) is 0 Å². The number of carbonyl (C=O) groups is 1. The lowest BCUT2D eigenvalue weighted by molar-refractivity contribution is -0.121. The molecule has 2 aromatic carbocycles. The van der Waals surface area contributed by atoms with Crippen molar-refractivity contribution in [3.05, 3.63) is 71.4 Å². The van der Waals surface area contributed by atoms with E-state index in [-0.39, 0.29) is 18.1 Å². The molecule has 2 heterocycles. The average Bonchev–Trinajstić information content (AvgIpc) is 3.27. The van der Waals surface area contributed by atoms with E-state index in [0.29, 0.717) is 30.2 Å². The van der Waals surface area contributed by atoms with Gasteiger partial charge >= 0.3 is 0 Å². The van der Waals surface area contributed by atoms with Gasteiger partial charge in [0.25, 0.3) is 0 Å². The molecule has 0 saturated carbocycles. The molecule has 0 spiro atoms. The number of aromatic nitrogens is 2. The summed E-state index contributed by atoms with van der Waals surface area (Å²) in [5.74, 6) is 0.401. The Hall–Kier alpha value is -3.06. The Labute approximate surface area is 181 Å². The van der Waals surface area contributed by atoms with E-state index in [9.17, 15) is 9.18 Å². The van der Waals surface area contributed by atoms with E-state index in [1.54, 1.807) is 12.1 Å². The Morgan fingerprint density at radius 3 is 2.55 bits per heavy atom. The predicted molar refractivity (Wildman–Crippen MR) is 115 cm³/mol. The number of piperidine rings is 1. The molecule has 1 amide bonds. The summed E-state index contributed by atoms with van der Waals surface area (Å²) in [6.45, 7) is 3.73. The van der Waals surface area contributed by atoms with Crippen molar-refractivity contribution >= 4 is 5.91 Å². The van der Waals surface area contributed by atoms with Gasteiger partial charge in [-0.25, -0.2) is 4.39 Å². The maximum Gasteiger partial charge on any atom is 0.227 e. The van der Waals surface area contributed by atoms with Crippen LogP contribution in [0.5, 0.6) is 0 Å². The second-order valence-electron chi connectivity index (χ2n) is 7.90. The van der Waals surface area contributed by atoms with Crippen LogP contribution in [0, 0.1) is 5.82 Å². The highest BCUT2D eigenvalue weighted by molar-refractivity contribution is 5.76. The number of hydrogen-bond donors (Lipinski definition) is 1. The van der Waals surface area contributed by atoms with Gasteiger partial charge in [-0.3, -0.25) is 9.69 Å². The zero-order valence-electron chi connectivity index (χ0n) is 17.5. The Morgan fingerprint density at radius 2 is 1.77 bits per heavy atom. The summed E-state index contributed by atoms with van der Waals surface area (Å²) in [6, 6.07) is 14.2. The van der Waals surface area contributed by atoms with Crippen molar-refractivity contribution in [2.45, 2.75) is 45.2 Å². The third kappa shape index (κ3) is 5.98. The first-order valence-corrected chi connectivity index (χ1v) is 10.8. The van der Waals surface area contributed by atoms with E-state index in [0.717, 1.165) is 25.2 Å². The fraction of sp³-hybridized carbons (Fsp3) is 0.375. The minimum absolute atomic E-state index is 0.0608. The van der Waals surface area contributed by atoms with Gasteiger partial charge in [0.2, 0.25) is 17.6 Å². The molecule has 1 aliphatic rings. The second-order valence-corrected chi connectivity index (χ2v) is 7.90. The number of likely N-dealkylation sites (tertiary alicyclic amines) is 1. The molecule has 1 saturated heterocycles. The summed E-state index contributed by atoms with van der Waals surface area (Å²) in [5, 5.41) is 6.91. The molecule has 1 fully saturated rings. The summed E-state index contributed by atoms with van der Waals surface area (Å²) in [4.78, 5) is 19.1. The van der Waals surface area contributed by atoms with E-state index in [4.69, 9.17) is 4.52 Å². The first-order chi connectivity index (χ1) is 15.2.